The second-order valence-electron chi connectivity index (χ2n) is 5.15. The van der Waals surface area contributed by atoms with Gasteiger partial charge in [-0.15, -0.1) is 6.58 Å². The Kier molecular flexibility index (Phi) is 4.86. The van der Waals surface area contributed by atoms with Crippen LogP contribution in [0.1, 0.15) is 0 Å². The van der Waals surface area contributed by atoms with E-state index in [-0.39, 0.29) is 12.1 Å². The zero-order valence-electron chi connectivity index (χ0n) is 12.9. The molecule has 1 N–H and O–H groups in total. The molecular formula is C16H13FN4O2S2. The summed E-state index contributed by atoms with van der Waals surface area (Å²) < 4.78 is 16.7. The average Bonchev–Trinajstić information content (AvgIpc) is 2.90. The van der Waals surface area contributed by atoms with Crippen molar-refractivity contribution in [2.45, 2.75) is 13.1 Å². The molecule has 0 bridgehead atoms. The lowest BCUT2D eigenvalue weighted by Crippen LogP contribution is -2.27. The Labute approximate surface area is 150 Å². The summed E-state index contributed by atoms with van der Waals surface area (Å²) in [5.41, 5.74) is 0.592. The van der Waals surface area contributed by atoms with E-state index in [1.165, 1.54) is 35.2 Å². The maximum absolute atomic E-state index is 12.9. The van der Waals surface area contributed by atoms with Gasteiger partial charge >= 0.3 is 0 Å². The highest BCUT2D eigenvalue weighted by Crippen LogP contribution is 2.17. The molecule has 9 heteroatoms. The smallest absolute Gasteiger partial charge is 0.273 e. The number of anilines is 1. The van der Waals surface area contributed by atoms with Crippen molar-refractivity contribution in [2.75, 3.05) is 5.32 Å². The van der Waals surface area contributed by atoms with E-state index in [4.69, 9.17) is 12.2 Å². The Balaban J connectivity index is 1.86. The molecule has 1 aromatic carbocycles. The van der Waals surface area contributed by atoms with Gasteiger partial charge in [-0.25, -0.2) is 9.37 Å². The average molecular weight is 376 g/mol. The maximum atomic E-state index is 12.9. The number of allylic oxidation sites excluding steroid dienone is 1. The summed E-state index contributed by atoms with van der Waals surface area (Å²) in [5.74, 6) is -0.807. The van der Waals surface area contributed by atoms with Crippen molar-refractivity contribution < 1.29 is 9.18 Å². The molecule has 0 radical (unpaired) electrons. The van der Waals surface area contributed by atoms with Gasteiger partial charge in [-0.3, -0.25) is 14.2 Å². The molecule has 0 atom stereocenters. The molecule has 0 aliphatic carbocycles. The van der Waals surface area contributed by atoms with E-state index >= 15 is 0 Å². The van der Waals surface area contributed by atoms with Crippen molar-refractivity contribution in [3.63, 3.8) is 0 Å². The minimum absolute atomic E-state index is 0.203. The van der Waals surface area contributed by atoms with Crippen LogP contribution in [0, 0.1) is 9.77 Å². The van der Waals surface area contributed by atoms with Crippen LogP contribution in [0.3, 0.4) is 0 Å². The standard InChI is InChI=1S/C16H13FN4O2S2/c1-2-7-21-14-13(25-16(21)24)15(23)20(9-18-14)8-12(22)19-11-5-3-10(17)4-6-11/h2-6,9H,1,7-8H2,(H,19,22). The SMILES string of the molecule is C=CCn1c(=S)sc2c(=O)n(CC(=O)Nc3ccc(F)cc3)cnc21. The van der Waals surface area contributed by atoms with Gasteiger partial charge in [-0.05, 0) is 36.5 Å². The number of benzene rings is 1. The van der Waals surface area contributed by atoms with Crippen molar-refractivity contribution >= 4 is 45.5 Å². The molecule has 3 aromatic rings. The molecule has 0 spiro atoms. The topological polar surface area (TPSA) is 68.9 Å². The van der Waals surface area contributed by atoms with Gasteiger partial charge < -0.3 is 9.88 Å². The largest absolute Gasteiger partial charge is 0.325 e. The van der Waals surface area contributed by atoms with E-state index < -0.39 is 11.7 Å². The Bertz CT molecular complexity index is 1070. The lowest BCUT2D eigenvalue weighted by molar-refractivity contribution is -0.116. The van der Waals surface area contributed by atoms with Gasteiger partial charge in [0.2, 0.25) is 5.91 Å². The normalized spacial score (nSPS) is 10.8. The van der Waals surface area contributed by atoms with E-state index in [0.717, 1.165) is 11.3 Å². The third-order valence-electron chi connectivity index (χ3n) is 3.40. The van der Waals surface area contributed by atoms with Crippen molar-refractivity contribution in [1.82, 2.24) is 14.1 Å². The third kappa shape index (κ3) is 3.57. The fourth-order valence-corrected chi connectivity index (χ4v) is 3.58. The van der Waals surface area contributed by atoms with E-state index in [1.807, 2.05) is 0 Å². The number of amides is 1. The van der Waals surface area contributed by atoms with Gasteiger partial charge in [0.05, 0.1) is 0 Å². The number of hydrogen-bond acceptors (Lipinski definition) is 5. The number of carbonyl (C=O) groups is 1. The van der Waals surface area contributed by atoms with Crippen molar-refractivity contribution in [1.29, 1.82) is 0 Å². The predicted octanol–water partition coefficient (Wildman–Crippen LogP) is 2.95. The van der Waals surface area contributed by atoms with Crippen molar-refractivity contribution in [3.8, 4) is 0 Å². The first-order valence-corrected chi connectivity index (χ1v) is 8.47. The minimum Gasteiger partial charge on any atom is -0.325 e. The number of carbonyl (C=O) groups excluding carboxylic acids is 1. The van der Waals surface area contributed by atoms with Crippen LogP contribution in [0.25, 0.3) is 10.3 Å². The van der Waals surface area contributed by atoms with E-state index in [2.05, 4.69) is 16.9 Å². The molecule has 0 saturated heterocycles. The highest BCUT2D eigenvalue weighted by atomic mass is 32.1. The Morgan fingerprint density at radius 2 is 2.12 bits per heavy atom. The van der Waals surface area contributed by atoms with Gasteiger partial charge in [0, 0.05) is 12.2 Å². The van der Waals surface area contributed by atoms with E-state index in [0.29, 0.717) is 26.5 Å². The number of rotatable bonds is 5. The van der Waals surface area contributed by atoms with E-state index in [1.54, 1.807) is 10.6 Å². The first-order valence-electron chi connectivity index (χ1n) is 7.24. The highest BCUT2D eigenvalue weighted by Gasteiger charge is 2.13. The fourth-order valence-electron chi connectivity index (χ4n) is 2.26. The number of nitrogens with one attached hydrogen (secondary N) is 1. The van der Waals surface area contributed by atoms with Crippen LogP contribution < -0.4 is 10.9 Å². The molecule has 0 fully saturated rings. The summed E-state index contributed by atoms with van der Waals surface area (Å²) in [6, 6.07) is 5.37. The van der Waals surface area contributed by atoms with Crippen LogP contribution in [0.2, 0.25) is 0 Å². The quantitative estimate of drug-likeness (QED) is 0.549. The minimum atomic E-state index is -0.413. The number of nitrogens with zero attached hydrogens (tertiary/aromatic N) is 3. The monoisotopic (exact) mass is 376 g/mol. The van der Waals surface area contributed by atoms with Crippen molar-refractivity contribution in [3.05, 3.63) is 63.4 Å². The molecule has 0 unspecified atom stereocenters. The van der Waals surface area contributed by atoms with Crippen LogP contribution in [0.4, 0.5) is 10.1 Å². The summed E-state index contributed by atoms with van der Waals surface area (Å²) in [6.45, 7) is 3.91. The van der Waals surface area contributed by atoms with Crippen LogP contribution in [0.5, 0.6) is 0 Å². The molecule has 25 heavy (non-hydrogen) atoms. The highest BCUT2D eigenvalue weighted by molar-refractivity contribution is 7.73. The molecule has 128 valence electrons. The first-order chi connectivity index (χ1) is 12.0. The molecule has 0 aliphatic rings. The second kappa shape index (κ2) is 7.08. The Morgan fingerprint density at radius 1 is 1.40 bits per heavy atom. The summed E-state index contributed by atoms with van der Waals surface area (Å²) in [5, 5.41) is 2.60. The molecule has 2 heterocycles. The van der Waals surface area contributed by atoms with Gasteiger partial charge in [0.1, 0.15) is 23.4 Å². The summed E-state index contributed by atoms with van der Waals surface area (Å²) in [7, 11) is 0. The second-order valence-corrected chi connectivity index (χ2v) is 6.80. The molecule has 6 nitrogen and oxygen atoms in total. The van der Waals surface area contributed by atoms with Gasteiger partial charge in [0.25, 0.3) is 5.56 Å². The first kappa shape index (κ1) is 17.2. The molecular weight excluding hydrogens is 363 g/mol. The van der Waals surface area contributed by atoms with Gasteiger partial charge in [-0.1, -0.05) is 17.4 Å². The Hall–Kier alpha value is -2.65. The lowest BCUT2D eigenvalue weighted by Gasteiger charge is -2.07. The van der Waals surface area contributed by atoms with Gasteiger partial charge in [-0.2, -0.15) is 0 Å². The summed E-state index contributed by atoms with van der Waals surface area (Å²) in [4.78, 5) is 28.9. The third-order valence-corrected chi connectivity index (χ3v) is 4.82. The van der Waals surface area contributed by atoms with Gasteiger partial charge in [0.15, 0.2) is 9.60 Å². The molecule has 3 rings (SSSR count). The van der Waals surface area contributed by atoms with Crippen LogP contribution in [-0.2, 0) is 17.9 Å². The molecule has 1 amide bonds. The maximum Gasteiger partial charge on any atom is 0.273 e. The zero-order valence-corrected chi connectivity index (χ0v) is 14.6. The van der Waals surface area contributed by atoms with Crippen LogP contribution >= 0.6 is 23.6 Å². The summed E-state index contributed by atoms with van der Waals surface area (Å²) >= 11 is 6.39. The molecule has 0 saturated carbocycles. The zero-order chi connectivity index (χ0) is 18.0. The lowest BCUT2D eigenvalue weighted by atomic mass is 10.3. The number of fused-ring (bicyclic) bond motifs is 1. The van der Waals surface area contributed by atoms with Crippen LogP contribution in [0.15, 0.2) is 48.0 Å². The molecule has 2 aromatic heterocycles. The van der Waals surface area contributed by atoms with Crippen LogP contribution in [-0.4, -0.2) is 20.0 Å². The molecule has 0 aliphatic heterocycles. The number of hydrogen-bond donors (Lipinski definition) is 1. The Morgan fingerprint density at radius 3 is 2.80 bits per heavy atom. The summed E-state index contributed by atoms with van der Waals surface area (Å²) in [6.07, 6.45) is 2.99. The number of aromatic nitrogens is 3. The van der Waals surface area contributed by atoms with Crippen molar-refractivity contribution in [2.24, 2.45) is 0 Å². The predicted molar refractivity (Wildman–Crippen MR) is 97.9 cm³/mol. The number of thiazole rings is 1. The van der Waals surface area contributed by atoms with E-state index in [9.17, 15) is 14.0 Å². The fraction of sp³-hybridized carbons (Fsp3) is 0.125. The number of halogens is 1.